The standard InChI is InChI=1S/C24H27F2N3O4S/c1-16-9-10-23(18-7-5-4-6-8-18)34(31,32)29(16)13-19-11-22(26)20(12-21(19)25)17(2)28(15-27)14-24(30)33-3/h4-8,11-12,16-17,23H,9-10,13-14H2,1-3H3/t16-,17?,23+/m0/s1. The molecule has 182 valence electrons. The van der Waals surface area contributed by atoms with Crippen molar-refractivity contribution in [2.75, 3.05) is 13.7 Å². The van der Waals surface area contributed by atoms with Gasteiger partial charge in [0.25, 0.3) is 0 Å². The Labute approximate surface area is 198 Å². The number of sulfonamides is 1. The topological polar surface area (TPSA) is 90.7 Å². The summed E-state index contributed by atoms with van der Waals surface area (Å²) in [6, 6.07) is 9.45. The molecule has 0 amide bonds. The number of nitrogens with zero attached hydrogens (tertiary/aromatic N) is 3. The fraction of sp³-hybridized carbons (Fsp3) is 0.417. The van der Waals surface area contributed by atoms with Crippen LogP contribution in [0.3, 0.4) is 0 Å². The zero-order chi connectivity index (χ0) is 25.0. The molecule has 0 N–H and O–H groups in total. The van der Waals surface area contributed by atoms with E-state index in [2.05, 4.69) is 4.74 Å². The second kappa shape index (κ2) is 10.5. The Bertz CT molecular complexity index is 1180. The number of carbonyl (C=O) groups is 1. The maximum atomic E-state index is 15.1. The van der Waals surface area contributed by atoms with Gasteiger partial charge in [0, 0.05) is 23.7 Å². The Hall–Kier alpha value is -3.03. The second-order valence-electron chi connectivity index (χ2n) is 8.36. The highest BCUT2D eigenvalue weighted by atomic mass is 32.2. The van der Waals surface area contributed by atoms with Gasteiger partial charge in [-0.25, -0.2) is 17.2 Å². The first-order chi connectivity index (χ1) is 16.1. The molecule has 1 aliphatic heterocycles. The van der Waals surface area contributed by atoms with Gasteiger partial charge in [-0.3, -0.25) is 9.69 Å². The van der Waals surface area contributed by atoms with E-state index in [1.54, 1.807) is 43.4 Å². The van der Waals surface area contributed by atoms with Gasteiger partial charge in [-0.15, -0.1) is 0 Å². The average molecular weight is 492 g/mol. The van der Waals surface area contributed by atoms with Crippen LogP contribution >= 0.6 is 0 Å². The predicted octanol–water partition coefficient (Wildman–Crippen LogP) is 4.04. The van der Waals surface area contributed by atoms with Crippen molar-refractivity contribution in [1.29, 1.82) is 5.26 Å². The SMILES string of the molecule is COC(=O)CN(C#N)C(C)c1cc(F)c(CN2[C@@H](C)CC[C@H](c3ccccc3)S2(=O)=O)cc1F. The summed E-state index contributed by atoms with van der Waals surface area (Å²) >= 11 is 0. The van der Waals surface area contributed by atoms with E-state index in [-0.39, 0.29) is 23.7 Å². The van der Waals surface area contributed by atoms with Crippen LogP contribution in [0.1, 0.15) is 54.7 Å². The number of carbonyl (C=O) groups excluding carboxylic acids is 1. The van der Waals surface area contributed by atoms with Gasteiger partial charge in [-0.1, -0.05) is 30.3 Å². The van der Waals surface area contributed by atoms with Gasteiger partial charge in [0.2, 0.25) is 10.0 Å². The summed E-state index contributed by atoms with van der Waals surface area (Å²) in [5.74, 6) is -2.28. The van der Waals surface area contributed by atoms with Crippen LogP contribution in [0.15, 0.2) is 42.5 Å². The first kappa shape index (κ1) is 25.6. The van der Waals surface area contributed by atoms with Gasteiger partial charge >= 0.3 is 5.97 Å². The lowest BCUT2D eigenvalue weighted by Crippen LogP contribution is -2.44. The van der Waals surface area contributed by atoms with E-state index in [0.717, 1.165) is 24.1 Å². The van der Waals surface area contributed by atoms with E-state index < -0.39 is 45.5 Å². The van der Waals surface area contributed by atoms with Crippen molar-refractivity contribution in [2.24, 2.45) is 0 Å². The minimum atomic E-state index is -3.81. The maximum absolute atomic E-state index is 15.1. The van der Waals surface area contributed by atoms with Gasteiger partial charge in [0.1, 0.15) is 23.4 Å². The number of esters is 1. The molecule has 0 aliphatic carbocycles. The maximum Gasteiger partial charge on any atom is 0.326 e. The molecule has 34 heavy (non-hydrogen) atoms. The molecule has 0 spiro atoms. The van der Waals surface area contributed by atoms with E-state index >= 15 is 4.39 Å². The minimum absolute atomic E-state index is 0.103. The van der Waals surface area contributed by atoms with Crippen LogP contribution in [0.25, 0.3) is 0 Å². The summed E-state index contributed by atoms with van der Waals surface area (Å²) in [4.78, 5) is 12.5. The van der Waals surface area contributed by atoms with Crippen LogP contribution < -0.4 is 0 Å². The molecule has 0 bridgehead atoms. The van der Waals surface area contributed by atoms with E-state index in [1.807, 2.05) is 0 Å². The largest absolute Gasteiger partial charge is 0.468 e. The molecular weight excluding hydrogens is 464 g/mol. The third kappa shape index (κ3) is 5.21. The van der Waals surface area contributed by atoms with Crippen molar-refractivity contribution >= 4 is 16.0 Å². The highest BCUT2D eigenvalue weighted by Gasteiger charge is 2.40. The molecule has 0 radical (unpaired) electrons. The van der Waals surface area contributed by atoms with Crippen molar-refractivity contribution in [2.45, 2.75) is 50.6 Å². The van der Waals surface area contributed by atoms with Crippen molar-refractivity contribution < 1.29 is 26.7 Å². The molecule has 7 nitrogen and oxygen atoms in total. The summed E-state index contributed by atoms with van der Waals surface area (Å²) in [6.45, 7) is 2.49. The lowest BCUT2D eigenvalue weighted by atomic mass is 10.0. The van der Waals surface area contributed by atoms with E-state index in [4.69, 9.17) is 0 Å². The highest BCUT2D eigenvalue weighted by Crippen LogP contribution is 2.38. The predicted molar refractivity (Wildman–Crippen MR) is 121 cm³/mol. The first-order valence-electron chi connectivity index (χ1n) is 10.9. The van der Waals surface area contributed by atoms with Gasteiger partial charge < -0.3 is 4.74 Å². The zero-order valence-corrected chi connectivity index (χ0v) is 20.1. The normalized spacial score (nSPS) is 20.8. The van der Waals surface area contributed by atoms with Crippen LogP contribution in [0.5, 0.6) is 0 Å². The summed E-state index contributed by atoms with van der Waals surface area (Å²) < 4.78 is 62.6. The summed E-state index contributed by atoms with van der Waals surface area (Å²) in [5, 5.41) is 8.57. The molecule has 1 fully saturated rings. The second-order valence-corrected chi connectivity index (χ2v) is 10.4. The molecule has 0 aromatic heterocycles. The summed E-state index contributed by atoms with van der Waals surface area (Å²) in [6.07, 6.45) is 2.82. The van der Waals surface area contributed by atoms with Gasteiger partial charge in [-0.2, -0.15) is 9.57 Å². The van der Waals surface area contributed by atoms with E-state index in [0.29, 0.717) is 18.4 Å². The Morgan fingerprint density at radius 1 is 1.24 bits per heavy atom. The zero-order valence-electron chi connectivity index (χ0n) is 19.2. The lowest BCUT2D eigenvalue weighted by molar-refractivity contribution is -0.141. The molecule has 2 aromatic carbocycles. The van der Waals surface area contributed by atoms with Crippen LogP contribution in [0.4, 0.5) is 8.78 Å². The van der Waals surface area contributed by atoms with Crippen molar-refractivity contribution in [1.82, 2.24) is 9.21 Å². The van der Waals surface area contributed by atoms with Crippen molar-refractivity contribution in [3.8, 4) is 6.19 Å². The molecular formula is C24H27F2N3O4S. The molecule has 1 aliphatic rings. The Balaban J connectivity index is 1.89. The van der Waals surface area contributed by atoms with Crippen molar-refractivity contribution in [3.05, 3.63) is 70.8 Å². The van der Waals surface area contributed by atoms with Gasteiger partial charge in [-0.05, 0) is 44.4 Å². The number of halogens is 2. The van der Waals surface area contributed by atoms with E-state index in [9.17, 15) is 22.9 Å². The molecule has 3 atom stereocenters. The third-order valence-electron chi connectivity index (χ3n) is 6.26. The lowest BCUT2D eigenvalue weighted by Gasteiger charge is -2.37. The Kier molecular flexibility index (Phi) is 7.89. The van der Waals surface area contributed by atoms with Crippen LogP contribution in [-0.2, 0) is 26.1 Å². The van der Waals surface area contributed by atoms with Crippen molar-refractivity contribution in [3.63, 3.8) is 0 Å². The number of hydrogen-bond donors (Lipinski definition) is 0. The van der Waals surface area contributed by atoms with Crippen LogP contribution in [0.2, 0.25) is 0 Å². The number of rotatable bonds is 7. The van der Waals surface area contributed by atoms with Gasteiger partial charge in [0.05, 0.1) is 13.2 Å². The Morgan fingerprint density at radius 2 is 1.91 bits per heavy atom. The minimum Gasteiger partial charge on any atom is -0.468 e. The molecule has 1 saturated heterocycles. The fourth-order valence-electron chi connectivity index (χ4n) is 4.19. The van der Waals surface area contributed by atoms with Crippen LogP contribution in [-0.4, -0.2) is 43.3 Å². The molecule has 1 unspecified atom stereocenters. The molecule has 1 heterocycles. The number of benzene rings is 2. The molecule has 0 saturated carbocycles. The molecule has 10 heteroatoms. The number of nitriles is 1. The Morgan fingerprint density at radius 3 is 2.53 bits per heavy atom. The first-order valence-corrected chi connectivity index (χ1v) is 12.4. The number of hydrogen-bond acceptors (Lipinski definition) is 6. The molecule has 2 aromatic rings. The highest BCUT2D eigenvalue weighted by molar-refractivity contribution is 7.89. The third-order valence-corrected chi connectivity index (χ3v) is 8.63. The quantitative estimate of drug-likeness (QED) is 0.330. The van der Waals surface area contributed by atoms with E-state index in [1.165, 1.54) is 11.2 Å². The monoisotopic (exact) mass is 491 g/mol. The molecule has 3 rings (SSSR count). The van der Waals surface area contributed by atoms with Gasteiger partial charge in [0.15, 0.2) is 6.19 Å². The fourth-order valence-corrected chi connectivity index (χ4v) is 6.38. The summed E-state index contributed by atoms with van der Waals surface area (Å²) in [5.41, 5.74) is 0.440. The number of methoxy groups -OCH3 is 1. The average Bonchev–Trinajstić information content (AvgIpc) is 2.81. The van der Waals surface area contributed by atoms with Crippen LogP contribution in [0, 0.1) is 23.1 Å². The smallest absolute Gasteiger partial charge is 0.326 e. The summed E-state index contributed by atoms with van der Waals surface area (Å²) in [7, 11) is -2.65. The number of ether oxygens (including phenoxy) is 1.